The molecule has 0 bridgehead atoms. The third kappa shape index (κ3) is 3.51. The lowest BCUT2D eigenvalue weighted by atomic mass is 10.1. The monoisotopic (exact) mass is 289 g/mol. The van der Waals surface area contributed by atoms with Crippen molar-refractivity contribution in [3.63, 3.8) is 0 Å². The van der Waals surface area contributed by atoms with Gasteiger partial charge < -0.3 is 15.1 Å². The molecule has 4 nitrogen and oxygen atoms in total. The van der Waals surface area contributed by atoms with E-state index in [0.717, 1.165) is 6.07 Å². The first-order chi connectivity index (χ1) is 10.0. The quantitative estimate of drug-likeness (QED) is 0.831. The Bertz CT molecular complexity index is 658. The van der Waals surface area contributed by atoms with Gasteiger partial charge in [0.2, 0.25) is 0 Å². The van der Waals surface area contributed by atoms with Gasteiger partial charge in [0.05, 0.1) is 12.1 Å². The minimum Gasteiger partial charge on any atom is -0.508 e. The van der Waals surface area contributed by atoms with Crippen LogP contribution in [-0.4, -0.2) is 29.1 Å². The number of carbonyl (C=O) groups is 1. The Labute approximate surface area is 122 Å². The summed E-state index contributed by atoms with van der Waals surface area (Å²) in [5, 5.41) is 18.9. The first-order valence-corrected chi connectivity index (χ1v) is 6.57. The number of hydrogen-bond acceptors (Lipinski definition) is 4. The number of aromatic hydroxyl groups is 2. The molecule has 2 rings (SSSR count). The van der Waals surface area contributed by atoms with Gasteiger partial charge in [-0.1, -0.05) is 6.07 Å². The van der Waals surface area contributed by atoms with Crippen molar-refractivity contribution in [2.45, 2.75) is 6.92 Å². The van der Waals surface area contributed by atoms with E-state index in [-0.39, 0.29) is 35.2 Å². The Kier molecular flexibility index (Phi) is 4.42. The van der Waals surface area contributed by atoms with Crippen LogP contribution in [0.15, 0.2) is 42.5 Å². The summed E-state index contributed by atoms with van der Waals surface area (Å²) in [5.74, 6) is -1.05. The number of phenolic OH excluding ortho intramolecular Hbond substituents is 2. The number of ketones is 1. The highest BCUT2D eigenvalue weighted by atomic mass is 19.1. The Morgan fingerprint density at radius 3 is 2.57 bits per heavy atom. The average Bonchev–Trinajstić information content (AvgIpc) is 2.44. The number of anilines is 1. The molecule has 2 aromatic rings. The van der Waals surface area contributed by atoms with Gasteiger partial charge in [0.15, 0.2) is 5.78 Å². The van der Waals surface area contributed by atoms with Crippen molar-refractivity contribution in [1.29, 1.82) is 0 Å². The highest BCUT2D eigenvalue weighted by Gasteiger charge is 2.16. The molecule has 110 valence electrons. The van der Waals surface area contributed by atoms with Crippen molar-refractivity contribution in [1.82, 2.24) is 0 Å². The van der Waals surface area contributed by atoms with Gasteiger partial charge in [-0.2, -0.15) is 0 Å². The number of phenols is 2. The van der Waals surface area contributed by atoms with E-state index >= 15 is 0 Å². The largest absolute Gasteiger partial charge is 0.508 e. The molecular formula is C16H16FNO3. The van der Waals surface area contributed by atoms with Crippen LogP contribution in [0.2, 0.25) is 0 Å². The third-order valence-electron chi connectivity index (χ3n) is 3.17. The Morgan fingerprint density at radius 1 is 1.19 bits per heavy atom. The van der Waals surface area contributed by atoms with Crippen LogP contribution in [0.4, 0.5) is 10.1 Å². The predicted molar refractivity (Wildman–Crippen MR) is 78.4 cm³/mol. The van der Waals surface area contributed by atoms with Crippen LogP contribution >= 0.6 is 0 Å². The molecule has 0 atom stereocenters. The molecule has 0 saturated carbocycles. The number of hydrogen-bond donors (Lipinski definition) is 2. The van der Waals surface area contributed by atoms with Crippen molar-refractivity contribution in [3.8, 4) is 11.5 Å². The van der Waals surface area contributed by atoms with Crippen LogP contribution in [0, 0.1) is 5.82 Å². The zero-order valence-electron chi connectivity index (χ0n) is 11.6. The molecule has 0 aliphatic rings. The van der Waals surface area contributed by atoms with Crippen LogP contribution in [0.3, 0.4) is 0 Å². The standard InChI is InChI=1S/C16H16FNO3/c1-2-18(12-5-3-4-11(17)8-12)10-16(21)14-7-6-13(19)9-15(14)20/h3-9,19-20H,2,10H2,1H3. The van der Waals surface area contributed by atoms with Gasteiger partial charge >= 0.3 is 0 Å². The molecule has 5 heteroatoms. The third-order valence-corrected chi connectivity index (χ3v) is 3.17. The van der Waals surface area contributed by atoms with Crippen LogP contribution < -0.4 is 4.90 Å². The van der Waals surface area contributed by atoms with E-state index in [1.165, 1.54) is 24.3 Å². The maximum absolute atomic E-state index is 13.3. The molecule has 2 aromatic carbocycles. The predicted octanol–water partition coefficient (Wildman–Crippen LogP) is 2.95. The maximum Gasteiger partial charge on any atom is 0.185 e. The average molecular weight is 289 g/mol. The van der Waals surface area contributed by atoms with E-state index in [9.17, 15) is 19.4 Å². The number of nitrogens with zero attached hydrogens (tertiary/aromatic N) is 1. The molecule has 0 heterocycles. The summed E-state index contributed by atoms with van der Waals surface area (Å²) in [5.41, 5.74) is 0.728. The summed E-state index contributed by atoms with van der Waals surface area (Å²) in [7, 11) is 0. The molecule has 2 N–H and O–H groups in total. The van der Waals surface area contributed by atoms with Gasteiger partial charge in [0.1, 0.15) is 17.3 Å². The van der Waals surface area contributed by atoms with E-state index in [1.807, 2.05) is 6.92 Å². The van der Waals surface area contributed by atoms with Gasteiger partial charge in [-0.3, -0.25) is 4.79 Å². The molecule has 0 aromatic heterocycles. The first kappa shape index (κ1) is 14.8. The van der Waals surface area contributed by atoms with Crippen molar-refractivity contribution in [2.75, 3.05) is 18.0 Å². The fraction of sp³-hybridized carbons (Fsp3) is 0.188. The molecule has 0 aliphatic heterocycles. The van der Waals surface area contributed by atoms with E-state index in [4.69, 9.17) is 0 Å². The van der Waals surface area contributed by atoms with Crippen LogP contribution in [0.1, 0.15) is 17.3 Å². The summed E-state index contributed by atoms with van der Waals surface area (Å²) >= 11 is 0. The van der Waals surface area contributed by atoms with Gasteiger partial charge in [-0.05, 0) is 37.3 Å². The molecule has 0 spiro atoms. The summed E-state index contributed by atoms with van der Waals surface area (Å²) in [6.07, 6.45) is 0. The van der Waals surface area contributed by atoms with E-state index in [0.29, 0.717) is 12.2 Å². The lowest BCUT2D eigenvalue weighted by Crippen LogP contribution is -2.29. The van der Waals surface area contributed by atoms with Gasteiger partial charge in [0, 0.05) is 18.3 Å². The van der Waals surface area contributed by atoms with Crippen LogP contribution in [0.5, 0.6) is 11.5 Å². The Hall–Kier alpha value is -2.56. The molecule has 0 amide bonds. The van der Waals surface area contributed by atoms with E-state index < -0.39 is 0 Å². The maximum atomic E-state index is 13.3. The Balaban J connectivity index is 2.20. The van der Waals surface area contributed by atoms with Crippen molar-refractivity contribution in [3.05, 3.63) is 53.8 Å². The van der Waals surface area contributed by atoms with Gasteiger partial charge in [0.25, 0.3) is 0 Å². The minimum atomic E-state index is -0.370. The number of Topliss-reactive ketones (excluding diaryl/α,β-unsaturated/α-hetero) is 1. The summed E-state index contributed by atoms with van der Waals surface area (Å²) in [4.78, 5) is 13.9. The fourth-order valence-electron chi connectivity index (χ4n) is 2.07. The highest BCUT2D eigenvalue weighted by molar-refractivity contribution is 6.01. The summed E-state index contributed by atoms with van der Waals surface area (Å²) in [6.45, 7) is 2.39. The second-order valence-corrected chi connectivity index (χ2v) is 4.62. The summed E-state index contributed by atoms with van der Waals surface area (Å²) in [6, 6.07) is 9.81. The molecule has 0 radical (unpaired) electrons. The molecule has 0 unspecified atom stereocenters. The van der Waals surface area contributed by atoms with Crippen molar-refractivity contribution >= 4 is 11.5 Å². The number of benzene rings is 2. The number of carbonyl (C=O) groups excluding carboxylic acids is 1. The molecular weight excluding hydrogens is 273 g/mol. The highest BCUT2D eigenvalue weighted by Crippen LogP contribution is 2.24. The second kappa shape index (κ2) is 6.26. The SMILES string of the molecule is CCN(CC(=O)c1ccc(O)cc1O)c1cccc(F)c1. The van der Waals surface area contributed by atoms with E-state index in [2.05, 4.69) is 0 Å². The first-order valence-electron chi connectivity index (χ1n) is 6.57. The van der Waals surface area contributed by atoms with Crippen LogP contribution in [0.25, 0.3) is 0 Å². The van der Waals surface area contributed by atoms with Gasteiger partial charge in [-0.15, -0.1) is 0 Å². The lowest BCUT2D eigenvalue weighted by molar-refractivity contribution is 0.0996. The van der Waals surface area contributed by atoms with Crippen LogP contribution in [-0.2, 0) is 0 Å². The number of rotatable bonds is 5. The smallest absolute Gasteiger partial charge is 0.185 e. The van der Waals surface area contributed by atoms with Gasteiger partial charge in [-0.25, -0.2) is 4.39 Å². The summed E-state index contributed by atoms with van der Waals surface area (Å²) < 4.78 is 13.3. The van der Waals surface area contributed by atoms with Crippen molar-refractivity contribution in [2.24, 2.45) is 0 Å². The zero-order chi connectivity index (χ0) is 15.4. The molecule has 21 heavy (non-hydrogen) atoms. The topological polar surface area (TPSA) is 60.8 Å². The number of halogens is 1. The fourth-order valence-corrected chi connectivity index (χ4v) is 2.07. The van der Waals surface area contributed by atoms with E-state index in [1.54, 1.807) is 17.0 Å². The minimum absolute atomic E-state index is 0.0122. The molecule has 0 saturated heterocycles. The molecule has 0 aliphatic carbocycles. The Morgan fingerprint density at radius 2 is 1.95 bits per heavy atom. The number of likely N-dealkylation sites (N-methyl/N-ethyl adjacent to an activating group) is 1. The normalized spacial score (nSPS) is 10.4. The second-order valence-electron chi connectivity index (χ2n) is 4.62. The zero-order valence-corrected chi connectivity index (χ0v) is 11.6. The van der Waals surface area contributed by atoms with Crippen molar-refractivity contribution < 1.29 is 19.4 Å². The molecule has 0 fully saturated rings. The lowest BCUT2D eigenvalue weighted by Gasteiger charge is -2.22.